The first-order chi connectivity index (χ1) is 17.9. The Morgan fingerprint density at radius 2 is 1.78 bits per heavy atom. The van der Waals surface area contributed by atoms with Crippen LogP contribution < -0.4 is 15.1 Å². The molecule has 8 nitrogen and oxygen atoms in total. The Bertz CT molecular complexity index is 1160. The number of piperidine rings is 1. The molecule has 3 aliphatic rings. The van der Waals surface area contributed by atoms with Crippen LogP contribution >= 0.6 is 0 Å². The van der Waals surface area contributed by atoms with Gasteiger partial charge in [0.2, 0.25) is 11.8 Å². The fraction of sp³-hybridized carbons (Fsp3) is 0.464. The van der Waals surface area contributed by atoms with Crippen LogP contribution in [0.15, 0.2) is 54.6 Å². The van der Waals surface area contributed by atoms with Crippen LogP contribution in [0.4, 0.5) is 15.8 Å². The van der Waals surface area contributed by atoms with Crippen LogP contribution in [0, 0.1) is 11.3 Å². The van der Waals surface area contributed by atoms with Gasteiger partial charge in [-0.25, -0.2) is 4.39 Å². The van der Waals surface area contributed by atoms with E-state index in [0.717, 1.165) is 4.90 Å². The molecule has 0 aromatic heterocycles. The van der Waals surface area contributed by atoms with E-state index in [1.807, 2.05) is 30.3 Å². The summed E-state index contributed by atoms with van der Waals surface area (Å²) >= 11 is 0. The molecule has 0 aliphatic carbocycles. The summed E-state index contributed by atoms with van der Waals surface area (Å²) in [7, 11) is 0. The summed E-state index contributed by atoms with van der Waals surface area (Å²) in [5, 5.41) is 13.7. The number of anilines is 2. The lowest BCUT2D eigenvalue weighted by atomic mass is 9.67. The number of carboxylic acid groups (broad SMARTS) is 1. The minimum absolute atomic E-state index is 0.0619. The third-order valence-corrected chi connectivity index (χ3v) is 7.97. The topological polar surface area (TPSA) is 99.2 Å². The molecule has 2 N–H and O–H groups in total. The Hall–Kier alpha value is -3.30. The van der Waals surface area contributed by atoms with Gasteiger partial charge in [0.1, 0.15) is 0 Å². The van der Waals surface area contributed by atoms with Crippen molar-refractivity contribution in [2.75, 3.05) is 36.1 Å². The van der Waals surface area contributed by atoms with E-state index in [2.05, 4.69) is 5.32 Å². The third kappa shape index (κ3) is 4.73. The zero-order chi connectivity index (χ0) is 26.0. The Kier molecular flexibility index (Phi) is 7.26. The Labute approximate surface area is 215 Å². The van der Waals surface area contributed by atoms with E-state index in [-0.39, 0.29) is 37.8 Å². The monoisotopic (exact) mass is 509 g/mol. The maximum atomic E-state index is 15.1. The first kappa shape index (κ1) is 25.4. The van der Waals surface area contributed by atoms with Gasteiger partial charge in [-0.2, -0.15) is 0 Å². The summed E-state index contributed by atoms with van der Waals surface area (Å²) in [4.78, 5) is 43.5. The molecule has 5 rings (SSSR count). The zero-order valence-corrected chi connectivity index (χ0v) is 20.6. The number of rotatable bonds is 6. The molecule has 3 aliphatic heterocycles. The van der Waals surface area contributed by atoms with Crippen LogP contribution in [0.1, 0.15) is 31.2 Å². The van der Waals surface area contributed by atoms with E-state index in [1.54, 1.807) is 29.2 Å². The van der Waals surface area contributed by atoms with Crippen LogP contribution in [-0.2, 0) is 25.5 Å². The summed E-state index contributed by atoms with van der Waals surface area (Å²) in [6.07, 6.45) is -0.492. The molecule has 3 heterocycles. The minimum Gasteiger partial charge on any atom is -0.481 e. The lowest BCUT2D eigenvalue weighted by Gasteiger charge is -2.43. The van der Waals surface area contributed by atoms with E-state index in [1.165, 1.54) is 0 Å². The molecule has 2 amide bonds. The smallest absolute Gasteiger partial charge is 0.311 e. The second-order valence-electron chi connectivity index (χ2n) is 10.1. The molecule has 2 saturated heterocycles. The highest BCUT2D eigenvalue weighted by Crippen LogP contribution is 2.43. The summed E-state index contributed by atoms with van der Waals surface area (Å²) in [5.41, 5.74) is 0.201. The quantitative estimate of drug-likeness (QED) is 0.581. The van der Waals surface area contributed by atoms with Gasteiger partial charge in [0, 0.05) is 50.0 Å². The predicted octanol–water partition coefficient (Wildman–Crippen LogP) is 3.15. The van der Waals surface area contributed by atoms with Crippen LogP contribution in [-0.4, -0.2) is 61.5 Å². The van der Waals surface area contributed by atoms with E-state index < -0.39 is 29.5 Å². The number of halogens is 1. The molecule has 2 fully saturated rings. The predicted molar refractivity (Wildman–Crippen MR) is 136 cm³/mol. The fourth-order valence-corrected chi connectivity index (χ4v) is 6.01. The molecule has 0 radical (unpaired) electrons. The van der Waals surface area contributed by atoms with Gasteiger partial charge < -0.3 is 20.1 Å². The summed E-state index contributed by atoms with van der Waals surface area (Å²) < 4.78 is 20.6. The van der Waals surface area contributed by atoms with Gasteiger partial charge in [-0.1, -0.05) is 36.4 Å². The molecular weight excluding hydrogens is 477 g/mol. The number of fused-ring (bicyclic) bond motifs is 1. The highest BCUT2D eigenvalue weighted by Gasteiger charge is 2.55. The fourth-order valence-electron chi connectivity index (χ4n) is 6.01. The SMILES string of the molecule is O=C(C1CNCCC1(CC(=O)N(c1ccccc1)C1CCOCC1)C(=O)O)N1c2ccccc2CC1F. The number of hydrogen-bond donors (Lipinski definition) is 2. The largest absolute Gasteiger partial charge is 0.481 e. The summed E-state index contributed by atoms with van der Waals surface area (Å²) in [5.74, 6) is -3.25. The molecule has 2 aromatic carbocycles. The number of benzene rings is 2. The number of alkyl halides is 1. The van der Waals surface area contributed by atoms with E-state index in [4.69, 9.17) is 4.74 Å². The lowest BCUT2D eigenvalue weighted by Crippen LogP contribution is -2.59. The van der Waals surface area contributed by atoms with Crippen LogP contribution in [0.5, 0.6) is 0 Å². The molecular formula is C28H32FN3O5. The van der Waals surface area contributed by atoms with Crippen LogP contribution in [0.25, 0.3) is 0 Å². The highest BCUT2D eigenvalue weighted by atomic mass is 19.1. The maximum Gasteiger partial charge on any atom is 0.311 e. The highest BCUT2D eigenvalue weighted by molar-refractivity contribution is 6.03. The third-order valence-electron chi connectivity index (χ3n) is 7.97. The van der Waals surface area contributed by atoms with Crippen molar-refractivity contribution in [3.05, 3.63) is 60.2 Å². The van der Waals surface area contributed by atoms with Crippen molar-refractivity contribution >= 4 is 29.2 Å². The molecule has 0 saturated carbocycles. The second kappa shape index (κ2) is 10.6. The number of para-hydroxylation sites is 2. The second-order valence-corrected chi connectivity index (χ2v) is 10.1. The van der Waals surface area contributed by atoms with Gasteiger partial charge in [-0.15, -0.1) is 0 Å². The first-order valence-electron chi connectivity index (χ1n) is 12.9. The normalized spacial score (nSPS) is 25.9. The molecule has 2 aromatic rings. The number of aliphatic carboxylic acids is 1. The molecule has 9 heteroatoms. The van der Waals surface area contributed by atoms with Crippen LogP contribution in [0.3, 0.4) is 0 Å². The number of hydrogen-bond acceptors (Lipinski definition) is 5. The van der Waals surface area contributed by atoms with Crippen molar-refractivity contribution in [2.45, 2.75) is 44.4 Å². The minimum atomic E-state index is -1.66. The molecule has 0 bridgehead atoms. The molecule has 3 unspecified atom stereocenters. The van der Waals surface area contributed by atoms with Gasteiger partial charge in [0.25, 0.3) is 0 Å². The molecule has 3 atom stereocenters. The Balaban J connectivity index is 1.48. The van der Waals surface area contributed by atoms with Crippen molar-refractivity contribution in [3.63, 3.8) is 0 Å². The van der Waals surface area contributed by atoms with Gasteiger partial charge in [0.15, 0.2) is 6.30 Å². The Morgan fingerprint density at radius 1 is 1.08 bits per heavy atom. The maximum absolute atomic E-state index is 15.1. The van der Waals surface area contributed by atoms with Gasteiger partial charge in [-0.3, -0.25) is 19.3 Å². The molecule has 0 spiro atoms. The van der Waals surface area contributed by atoms with Crippen LogP contribution in [0.2, 0.25) is 0 Å². The number of carboxylic acids is 1. The number of carbonyl (C=O) groups is 3. The van der Waals surface area contributed by atoms with E-state index in [0.29, 0.717) is 49.5 Å². The average Bonchev–Trinajstić information content (AvgIpc) is 3.25. The number of carbonyl (C=O) groups excluding carboxylic acids is 2. The van der Waals surface area contributed by atoms with Gasteiger partial charge in [0.05, 0.1) is 11.3 Å². The van der Waals surface area contributed by atoms with Crippen molar-refractivity contribution in [1.82, 2.24) is 5.32 Å². The summed E-state index contributed by atoms with van der Waals surface area (Å²) in [6, 6.07) is 16.0. The Morgan fingerprint density at radius 3 is 2.51 bits per heavy atom. The van der Waals surface area contributed by atoms with Crippen molar-refractivity contribution in [3.8, 4) is 0 Å². The molecule has 37 heavy (non-hydrogen) atoms. The first-order valence-corrected chi connectivity index (χ1v) is 12.9. The van der Waals surface area contributed by atoms with Crippen molar-refractivity contribution in [1.29, 1.82) is 0 Å². The van der Waals surface area contributed by atoms with Crippen molar-refractivity contribution in [2.24, 2.45) is 11.3 Å². The lowest BCUT2D eigenvalue weighted by molar-refractivity contribution is -0.161. The number of amides is 2. The number of nitrogens with zero attached hydrogens (tertiary/aromatic N) is 2. The van der Waals surface area contributed by atoms with E-state index in [9.17, 15) is 19.5 Å². The average molecular weight is 510 g/mol. The van der Waals surface area contributed by atoms with Gasteiger partial charge >= 0.3 is 5.97 Å². The number of nitrogens with one attached hydrogen (secondary N) is 1. The van der Waals surface area contributed by atoms with Gasteiger partial charge in [-0.05, 0) is 49.6 Å². The molecule has 196 valence electrons. The van der Waals surface area contributed by atoms with Crippen molar-refractivity contribution < 1.29 is 28.6 Å². The summed E-state index contributed by atoms with van der Waals surface area (Å²) in [6.45, 7) is 1.44. The standard InChI is InChI=1S/C28H32FN3O5/c29-24-16-19-6-4-5-9-23(19)32(24)26(34)22-18-30-13-12-28(22,27(35)36)17-25(33)31(20-7-2-1-3-8-20)21-10-14-37-15-11-21/h1-9,21-22,24,30H,10-18H2,(H,35,36). The zero-order valence-electron chi connectivity index (χ0n) is 20.6. The number of ether oxygens (including phenoxy) is 1. The van der Waals surface area contributed by atoms with E-state index >= 15 is 4.39 Å².